The van der Waals surface area contributed by atoms with Gasteiger partial charge in [0.15, 0.2) is 0 Å². The SMILES string of the molecule is O=C(C1CCCC1O)N1CCC(C(O)c2ccccc2)CC1. The van der Waals surface area contributed by atoms with E-state index < -0.39 is 12.2 Å². The highest BCUT2D eigenvalue weighted by Crippen LogP contribution is 2.33. The summed E-state index contributed by atoms with van der Waals surface area (Å²) in [5.41, 5.74) is 0.957. The fourth-order valence-electron chi connectivity index (χ4n) is 3.82. The van der Waals surface area contributed by atoms with Gasteiger partial charge in [0, 0.05) is 13.1 Å². The van der Waals surface area contributed by atoms with Gasteiger partial charge in [-0.05, 0) is 43.6 Å². The van der Waals surface area contributed by atoms with Crippen LogP contribution in [0.25, 0.3) is 0 Å². The van der Waals surface area contributed by atoms with Gasteiger partial charge in [0.1, 0.15) is 0 Å². The number of benzene rings is 1. The molecule has 1 aliphatic heterocycles. The van der Waals surface area contributed by atoms with E-state index in [1.165, 1.54) is 0 Å². The first kappa shape index (κ1) is 15.5. The summed E-state index contributed by atoms with van der Waals surface area (Å²) in [6.07, 6.45) is 3.25. The molecule has 0 bridgehead atoms. The van der Waals surface area contributed by atoms with Crippen molar-refractivity contribution in [3.05, 3.63) is 35.9 Å². The predicted octanol–water partition coefficient (Wildman–Crippen LogP) is 2.12. The van der Waals surface area contributed by atoms with Crippen LogP contribution in [0, 0.1) is 11.8 Å². The molecule has 1 saturated heterocycles. The number of nitrogens with zero attached hydrogens (tertiary/aromatic N) is 1. The van der Waals surface area contributed by atoms with Gasteiger partial charge in [-0.15, -0.1) is 0 Å². The Balaban J connectivity index is 1.55. The number of aliphatic hydroxyl groups is 2. The van der Waals surface area contributed by atoms with Crippen molar-refractivity contribution in [1.82, 2.24) is 4.90 Å². The third-order valence-electron chi connectivity index (χ3n) is 5.24. The van der Waals surface area contributed by atoms with Crippen LogP contribution in [-0.4, -0.2) is 40.2 Å². The molecule has 4 nitrogen and oxygen atoms in total. The number of hydrogen-bond donors (Lipinski definition) is 2. The van der Waals surface area contributed by atoms with Crippen LogP contribution in [0.15, 0.2) is 30.3 Å². The summed E-state index contributed by atoms with van der Waals surface area (Å²) in [7, 11) is 0. The second-order valence-electron chi connectivity index (χ2n) is 6.62. The number of likely N-dealkylation sites (tertiary alicyclic amines) is 1. The summed E-state index contributed by atoms with van der Waals surface area (Å²) < 4.78 is 0. The fraction of sp³-hybridized carbons (Fsp3) is 0.611. The number of aliphatic hydroxyl groups excluding tert-OH is 2. The van der Waals surface area contributed by atoms with Gasteiger partial charge >= 0.3 is 0 Å². The van der Waals surface area contributed by atoms with Crippen LogP contribution in [0.1, 0.15) is 43.8 Å². The van der Waals surface area contributed by atoms with E-state index in [1.807, 2.05) is 35.2 Å². The second-order valence-corrected chi connectivity index (χ2v) is 6.62. The van der Waals surface area contributed by atoms with Crippen molar-refractivity contribution in [1.29, 1.82) is 0 Å². The van der Waals surface area contributed by atoms with Gasteiger partial charge in [0.2, 0.25) is 5.91 Å². The van der Waals surface area contributed by atoms with Gasteiger partial charge in [-0.3, -0.25) is 4.79 Å². The molecule has 0 aromatic heterocycles. The van der Waals surface area contributed by atoms with Gasteiger partial charge in [0.25, 0.3) is 0 Å². The van der Waals surface area contributed by atoms with E-state index in [1.54, 1.807) is 0 Å². The molecule has 3 rings (SSSR count). The summed E-state index contributed by atoms with van der Waals surface area (Å²) >= 11 is 0. The summed E-state index contributed by atoms with van der Waals surface area (Å²) in [5.74, 6) is 0.119. The van der Waals surface area contributed by atoms with Gasteiger partial charge in [-0.25, -0.2) is 0 Å². The van der Waals surface area contributed by atoms with Crippen LogP contribution >= 0.6 is 0 Å². The monoisotopic (exact) mass is 303 g/mol. The molecule has 0 spiro atoms. The Hall–Kier alpha value is -1.39. The molecule has 22 heavy (non-hydrogen) atoms. The van der Waals surface area contributed by atoms with Crippen LogP contribution < -0.4 is 0 Å². The van der Waals surface area contributed by atoms with Crippen LogP contribution in [-0.2, 0) is 4.79 Å². The molecule has 1 aliphatic carbocycles. The summed E-state index contributed by atoms with van der Waals surface area (Å²) in [6, 6.07) is 9.75. The number of rotatable bonds is 3. The number of carbonyl (C=O) groups excluding carboxylic acids is 1. The molecular formula is C18H25NO3. The lowest BCUT2D eigenvalue weighted by Gasteiger charge is -2.36. The second kappa shape index (κ2) is 6.80. The van der Waals surface area contributed by atoms with E-state index in [2.05, 4.69) is 0 Å². The lowest BCUT2D eigenvalue weighted by Crippen LogP contribution is -2.44. The van der Waals surface area contributed by atoms with Crippen molar-refractivity contribution in [3.8, 4) is 0 Å². The van der Waals surface area contributed by atoms with Crippen molar-refractivity contribution < 1.29 is 15.0 Å². The summed E-state index contributed by atoms with van der Waals surface area (Å²) in [5, 5.41) is 20.4. The van der Waals surface area contributed by atoms with Gasteiger partial charge < -0.3 is 15.1 Å². The lowest BCUT2D eigenvalue weighted by atomic mass is 9.87. The normalized spacial score (nSPS) is 27.8. The number of carbonyl (C=O) groups is 1. The third-order valence-corrected chi connectivity index (χ3v) is 5.24. The number of hydrogen-bond acceptors (Lipinski definition) is 3. The smallest absolute Gasteiger partial charge is 0.228 e. The van der Waals surface area contributed by atoms with Crippen LogP contribution in [0.4, 0.5) is 0 Å². The molecule has 120 valence electrons. The molecule has 1 aromatic carbocycles. The first-order valence-electron chi connectivity index (χ1n) is 8.36. The zero-order valence-corrected chi connectivity index (χ0v) is 12.9. The van der Waals surface area contributed by atoms with E-state index in [9.17, 15) is 15.0 Å². The quantitative estimate of drug-likeness (QED) is 0.899. The highest BCUT2D eigenvalue weighted by atomic mass is 16.3. The largest absolute Gasteiger partial charge is 0.392 e. The van der Waals surface area contributed by atoms with E-state index in [4.69, 9.17) is 0 Å². The van der Waals surface area contributed by atoms with Gasteiger partial charge in [0.05, 0.1) is 18.1 Å². The van der Waals surface area contributed by atoms with Gasteiger partial charge in [-0.2, -0.15) is 0 Å². The molecular weight excluding hydrogens is 278 g/mol. The first-order valence-corrected chi connectivity index (χ1v) is 8.36. The highest BCUT2D eigenvalue weighted by molar-refractivity contribution is 5.79. The molecule has 1 saturated carbocycles. The van der Waals surface area contributed by atoms with E-state index in [0.717, 1.165) is 37.7 Å². The first-order chi connectivity index (χ1) is 10.7. The molecule has 2 N–H and O–H groups in total. The molecule has 1 amide bonds. The Labute approximate surface area is 131 Å². The van der Waals surface area contributed by atoms with Crippen molar-refractivity contribution in [3.63, 3.8) is 0 Å². The Morgan fingerprint density at radius 2 is 1.77 bits per heavy atom. The number of piperidine rings is 1. The molecule has 2 aliphatic rings. The molecule has 1 aromatic rings. The molecule has 2 fully saturated rings. The van der Waals surface area contributed by atoms with Crippen LogP contribution in [0.5, 0.6) is 0 Å². The summed E-state index contributed by atoms with van der Waals surface area (Å²) in [4.78, 5) is 14.3. The average molecular weight is 303 g/mol. The fourth-order valence-corrected chi connectivity index (χ4v) is 3.82. The highest BCUT2D eigenvalue weighted by Gasteiger charge is 2.36. The Bertz CT molecular complexity index is 496. The number of amides is 1. The maximum Gasteiger partial charge on any atom is 0.228 e. The molecule has 1 heterocycles. The van der Waals surface area contributed by atoms with Crippen LogP contribution in [0.3, 0.4) is 0 Å². The maximum atomic E-state index is 12.5. The third kappa shape index (κ3) is 3.18. The average Bonchev–Trinajstić information content (AvgIpc) is 3.00. The minimum absolute atomic E-state index is 0.109. The van der Waals surface area contributed by atoms with E-state index in [-0.39, 0.29) is 17.7 Å². The zero-order valence-electron chi connectivity index (χ0n) is 12.9. The Morgan fingerprint density at radius 3 is 2.36 bits per heavy atom. The molecule has 3 unspecified atom stereocenters. The van der Waals surface area contributed by atoms with Crippen molar-refractivity contribution in [2.45, 2.75) is 44.3 Å². The maximum absolute atomic E-state index is 12.5. The van der Waals surface area contributed by atoms with E-state index in [0.29, 0.717) is 13.1 Å². The van der Waals surface area contributed by atoms with Crippen molar-refractivity contribution in [2.75, 3.05) is 13.1 Å². The van der Waals surface area contributed by atoms with Gasteiger partial charge in [-0.1, -0.05) is 30.3 Å². The van der Waals surface area contributed by atoms with Crippen molar-refractivity contribution >= 4 is 5.91 Å². The van der Waals surface area contributed by atoms with Crippen LogP contribution in [0.2, 0.25) is 0 Å². The zero-order chi connectivity index (χ0) is 15.5. The molecule has 3 atom stereocenters. The Kier molecular flexibility index (Phi) is 4.79. The molecule has 0 radical (unpaired) electrons. The predicted molar refractivity (Wildman–Crippen MR) is 84.1 cm³/mol. The lowest BCUT2D eigenvalue weighted by molar-refractivity contribution is -0.140. The minimum atomic E-state index is -0.458. The standard InChI is InChI=1S/C18H25NO3/c20-16-8-4-7-15(16)18(22)19-11-9-14(10-12-19)17(21)13-5-2-1-3-6-13/h1-3,5-6,14-17,20-21H,4,7-12H2. The topological polar surface area (TPSA) is 60.8 Å². The minimum Gasteiger partial charge on any atom is -0.392 e. The summed E-state index contributed by atoms with van der Waals surface area (Å²) in [6.45, 7) is 1.38. The molecule has 4 heteroatoms. The van der Waals surface area contributed by atoms with Crippen molar-refractivity contribution in [2.24, 2.45) is 11.8 Å². The Morgan fingerprint density at radius 1 is 1.09 bits per heavy atom. The van der Waals surface area contributed by atoms with E-state index >= 15 is 0 Å².